The van der Waals surface area contributed by atoms with E-state index in [-0.39, 0.29) is 19.1 Å². The number of hydrogen-bond donors (Lipinski definition) is 1. The van der Waals surface area contributed by atoms with Gasteiger partial charge in [-0.3, -0.25) is 19.7 Å². The molecule has 210 valence electrons. The number of aromatic nitrogens is 3. The van der Waals surface area contributed by atoms with Crippen molar-refractivity contribution < 1.29 is 14.3 Å². The largest absolute Gasteiger partial charge is 0.454 e. The normalized spacial score (nSPS) is 14.7. The van der Waals surface area contributed by atoms with E-state index in [9.17, 15) is 4.79 Å². The minimum absolute atomic E-state index is 0.0898. The number of hydrogen-bond acceptors (Lipinski definition) is 8. The number of amides is 1. The highest BCUT2D eigenvalue weighted by molar-refractivity contribution is 5.92. The molecule has 0 atom stereocenters. The summed E-state index contributed by atoms with van der Waals surface area (Å²) >= 11 is 0. The summed E-state index contributed by atoms with van der Waals surface area (Å²) in [6, 6.07) is 23.7. The lowest BCUT2D eigenvalue weighted by Crippen LogP contribution is -2.46. The highest BCUT2D eigenvalue weighted by Crippen LogP contribution is 2.33. The molecule has 5 aromatic rings. The zero-order valence-corrected chi connectivity index (χ0v) is 23.1. The number of nitrogens with zero attached hydrogens (tertiary/aromatic N) is 5. The van der Waals surface area contributed by atoms with Crippen molar-refractivity contribution in [2.45, 2.75) is 13.0 Å². The van der Waals surface area contributed by atoms with Crippen LogP contribution in [0.3, 0.4) is 0 Å². The second-order valence-corrected chi connectivity index (χ2v) is 10.5. The van der Waals surface area contributed by atoms with Gasteiger partial charge in [-0.15, -0.1) is 0 Å². The summed E-state index contributed by atoms with van der Waals surface area (Å²) in [6.07, 6.45) is 5.87. The summed E-state index contributed by atoms with van der Waals surface area (Å²) in [5, 5.41) is 2.98. The van der Waals surface area contributed by atoms with E-state index in [2.05, 4.69) is 43.3 Å². The fourth-order valence-corrected chi connectivity index (χ4v) is 5.41. The second-order valence-electron chi connectivity index (χ2n) is 10.5. The number of anilines is 2. The first-order valence-corrected chi connectivity index (χ1v) is 14.1. The molecule has 0 unspecified atom stereocenters. The highest BCUT2D eigenvalue weighted by Gasteiger charge is 2.19. The Kier molecular flexibility index (Phi) is 7.07. The third-order valence-electron chi connectivity index (χ3n) is 7.66. The molecule has 2 aliphatic rings. The minimum Gasteiger partial charge on any atom is -0.454 e. The SMILES string of the molecule is O=C(Cc1ccc2c(c1)OCO2)Nc1ccc(-c2ccc3ncc(N4CCN(Cc5cccnc5)CC4)nc3c2)cc1. The zero-order chi connectivity index (χ0) is 28.3. The Hall–Kier alpha value is -5.02. The lowest BCUT2D eigenvalue weighted by molar-refractivity contribution is -0.115. The maximum atomic E-state index is 12.6. The number of piperazine rings is 1. The van der Waals surface area contributed by atoms with Crippen molar-refractivity contribution in [1.29, 1.82) is 0 Å². The van der Waals surface area contributed by atoms with Gasteiger partial charge in [0.2, 0.25) is 12.7 Å². The predicted octanol–water partition coefficient (Wildman–Crippen LogP) is 4.92. The second kappa shape index (κ2) is 11.5. The van der Waals surface area contributed by atoms with Gasteiger partial charge in [0.1, 0.15) is 5.82 Å². The topological polar surface area (TPSA) is 92.7 Å². The Morgan fingerprint density at radius 3 is 2.48 bits per heavy atom. The van der Waals surface area contributed by atoms with Crippen molar-refractivity contribution in [3.8, 4) is 22.6 Å². The molecule has 0 aliphatic carbocycles. The molecule has 7 rings (SSSR count). The van der Waals surface area contributed by atoms with Crippen LogP contribution in [-0.4, -0.2) is 58.7 Å². The van der Waals surface area contributed by atoms with Gasteiger partial charge in [-0.05, 0) is 64.7 Å². The summed E-state index contributed by atoms with van der Waals surface area (Å²) in [5.41, 5.74) is 6.68. The fraction of sp³-hybridized carbons (Fsp3) is 0.212. The molecule has 0 saturated carbocycles. The van der Waals surface area contributed by atoms with E-state index in [1.54, 1.807) is 0 Å². The number of carbonyl (C=O) groups is 1. The van der Waals surface area contributed by atoms with Gasteiger partial charge in [-0.1, -0.05) is 30.3 Å². The van der Waals surface area contributed by atoms with Gasteiger partial charge in [-0.25, -0.2) is 4.98 Å². The average Bonchev–Trinajstić information content (AvgIpc) is 3.50. The Morgan fingerprint density at radius 2 is 1.64 bits per heavy atom. The number of pyridine rings is 1. The first-order chi connectivity index (χ1) is 20.7. The van der Waals surface area contributed by atoms with Crippen LogP contribution in [0.25, 0.3) is 22.2 Å². The standard InChI is InChI=1S/C33H30N6O3/c40-33(17-23-3-10-30-31(16-23)42-22-41-30)36-27-7-4-25(5-8-27)26-6-9-28-29(18-26)37-32(20-35-28)39-14-12-38(13-15-39)21-24-2-1-11-34-19-24/h1-11,16,18-20H,12-15,17,21-22H2,(H,36,40). The third kappa shape index (κ3) is 5.73. The molecule has 1 amide bonds. The van der Waals surface area contributed by atoms with Gasteiger partial charge in [0.05, 0.1) is 23.7 Å². The summed E-state index contributed by atoms with van der Waals surface area (Å²) in [5.74, 6) is 2.20. The first kappa shape index (κ1) is 25.9. The molecule has 1 fully saturated rings. The number of nitrogens with one attached hydrogen (secondary N) is 1. The molecule has 9 nitrogen and oxygen atoms in total. The van der Waals surface area contributed by atoms with E-state index in [0.29, 0.717) is 11.5 Å². The lowest BCUT2D eigenvalue weighted by Gasteiger charge is -2.35. The average molecular weight is 559 g/mol. The number of carbonyl (C=O) groups excluding carboxylic acids is 1. The van der Waals surface area contributed by atoms with Gasteiger partial charge < -0.3 is 19.7 Å². The molecule has 0 spiro atoms. The van der Waals surface area contributed by atoms with Crippen molar-refractivity contribution in [2.24, 2.45) is 0 Å². The first-order valence-electron chi connectivity index (χ1n) is 14.1. The van der Waals surface area contributed by atoms with E-state index in [0.717, 1.165) is 72.0 Å². The maximum Gasteiger partial charge on any atom is 0.231 e. The molecule has 42 heavy (non-hydrogen) atoms. The molecular weight excluding hydrogens is 528 g/mol. The van der Waals surface area contributed by atoms with Gasteiger partial charge in [0.25, 0.3) is 0 Å². The van der Waals surface area contributed by atoms with E-state index in [1.807, 2.05) is 73.2 Å². The van der Waals surface area contributed by atoms with E-state index >= 15 is 0 Å². The summed E-state index contributed by atoms with van der Waals surface area (Å²) < 4.78 is 10.8. The third-order valence-corrected chi connectivity index (χ3v) is 7.66. The molecule has 0 radical (unpaired) electrons. The van der Waals surface area contributed by atoms with Crippen molar-refractivity contribution in [3.05, 3.63) is 103 Å². The summed E-state index contributed by atoms with van der Waals surface area (Å²) in [6.45, 7) is 4.87. The molecular formula is C33H30N6O3. The molecule has 1 saturated heterocycles. The molecule has 2 aromatic heterocycles. The van der Waals surface area contributed by atoms with Crippen LogP contribution in [0.5, 0.6) is 11.5 Å². The van der Waals surface area contributed by atoms with Gasteiger partial charge in [-0.2, -0.15) is 0 Å². The van der Waals surface area contributed by atoms with Crippen molar-refractivity contribution in [3.63, 3.8) is 0 Å². The number of rotatable bonds is 7. The number of fused-ring (bicyclic) bond motifs is 2. The summed E-state index contributed by atoms with van der Waals surface area (Å²) in [7, 11) is 0. The lowest BCUT2D eigenvalue weighted by atomic mass is 10.0. The van der Waals surface area contributed by atoms with Crippen LogP contribution in [0.15, 0.2) is 91.4 Å². The Bertz CT molecular complexity index is 1720. The van der Waals surface area contributed by atoms with Gasteiger partial charge >= 0.3 is 0 Å². The van der Waals surface area contributed by atoms with Crippen LogP contribution in [0.4, 0.5) is 11.5 Å². The van der Waals surface area contributed by atoms with Crippen LogP contribution >= 0.6 is 0 Å². The zero-order valence-electron chi connectivity index (χ0n) is 23.1. The van der Waals surface area contributed by atoms with Crippen molar-refractivity contribution in [1.82, 2.24) is 19.9 Å². The fourth-order valence-electron chi connectivity index (χ4n) is 5.41. The minimum atomic E-state index is -0.0898. The van der Waals surface area contributed by atoms with E-state index in [1.165, 1.54) is 5.56 Å². The molecule has 4 heterocycles. The van der Waals surface area contributed by atoms with E-state index in [4.69, 9.17) is 14.5 Å². The van der Waals surface area contributed by atoms with Crippen LogP contribution in [0, 0.1) is 0 Å². The quantitative estimate of drug-likeness (QED) is 0.301. The number of benzene rings is 3. The molecule has 0 bridgehead atoms. The highest BCUT2D eigenvalue weighted by atomic mass is 16.7. The Balaban J connectivity index is 0.990. The van der Waals surface area contributed by atoms with Crippen molar-refractivity contribution >= 4 is 28.4 Å². The van der Waals surface area contributed by atoms with Crippen LogP contribution in [-0.2, 0) is 17.8 Å². The molecule has 9 heteroatoms. The van der Waals surface area contributed by atoms with Crippen LogP contribution in [0.2, 0.25) is 0 Å². The van der Waals surface area contributed by atoms with Gasteiger partial charge in [0, 0.05) is 50.8 Å². The monoisotopic (exact) mass is 558 g/mol. The Morgan fingerprint density at radius 1 is 0.810 bits per heavy atom. The van der Waals surface area contributed by atoms with Crippen LogP contribution in [0.1, 0.15) is 11.1 Å². The predicted molar refractivity (Wildman–Crippen MR) is 162 cm³/mol. The number of ether oxygens (including phenoxy) is 2. The van der Waals surface area contributed by atoms with E-state index < -0.39 is 0 Å². The maximum absolute atomic E-state index is 12.6. The molecule has 2 aliphatic heterocycles. The molecule has 1 N–H and O–H groups in total. The molecule has 3 aromatic carbocycles. The summed E-state index contributed by atoms with van der Waals surface area (Å²) in [4.78, 5) is 31.3. The Labute approximate surface area is 243 Å². The van der Waals surface area contributed by atoms with Crippen molar-refractivity contribution in [2.75, 3.05) is 43.2 Å². The smallest absolute Gasteiger partial charge is 0.231 e. The van der Waals surface area contributed by atoms with Crippen LogP contribution < -0.4 is 19.7 Å². The van der Waals surface area contributed by atoms with Gasteiger partial charge in [0.15, 0.2) is 11.5 Å².